The lowest BCUT2D eigenvalue weighted by molar-refractivity contribution is 0.634. The van der Waals surface area contributed by atoms with Crippen molar-refractivity contribution < 1.29 is 4.39 Å². The van der Waals surface area contributed by atoms with Crippen LogP contribution in [0.25, 0.3) is 16.7 Å². The molecule has 3 aromatic rings. The van der Waals surface area contributed by atoms with E-state index in [1.54, 1.807) is 18.2 Å². The maximum absolute atomic E-state index is 14.2. The fraction of sp³-hybridized carbons (Fsp3) is 0.133. The number of anilines is 1. The number of halogens is 2. The van der Waals surface area contributed by atoms with E-state index in [-0.39, 0.29) is 10.5 Å². The lowest BCUT2D eigenvalue weighted by Crippen LogP contribution is -2.15. The second-order valence-electron chi connectivity index (χ2n) is 4.93. The summed E-state index contributed by atoms with van der Waals surface area (Å²) in [6.45, 7) is 0. The predicted octanol–water partition coefficient (Wildman–Crippen LogP) is 3.18. The highest BCUT2D eigenvalue weighted by Gasteiger charge is 2.15. The van der Waals surface area contributed by atoms with E-state index in [2.05, 4.69) is 4.98 Å². The Balaban J connectivity index is 2.27. The summed E-state index contributed by atoms with van der Waals surface area (Å²) in [5.41, 5.74) is 1.75. The monoisotopic (exact) mass is 305 g/mol. The van der Waals surface area contributed by atoms with Gasteiger partial charge >= 0.3 is 5.69 Å². The number of hydrogen-bond acceptors (Lipinski definition) is 2. The zero-order chi connectivity index (χ0) is 15.1. The highest BCUT2D eigenvalue weighted by atomic mass is 35.5. The van der Waals surface area contributed by atoms with Gasteiger partial charge in [0, 0.05) is 19.8 Å². The van der Waals surface area contributed by atoms with Crippen molar-refractivity contribution in [2.45, 2.75) is 0 Å². The molecule has 1 heterocycles. The van der Waals surface area contributed by atoms with Gasteiger partial charge in [0.25, 0.3) is 0 Å². The number of hydrogen-bond donors (Lipinski definition) is 1. The van der Waals surface area contributed by atoms with E-state index in [9.17, 15) is 9.18 Å². The molecule has 1 aromatic heterocycles. The van der Waals surface area contributed by atoms with E-state index in [1.165, 1.54) is 10.6 Å². The number of aromatic amines is 1. The maximum Gasteiger partial charge on any atom is 0.331 e. The second kappa shape index (κ2) is 4.93. The Morgan fingerprint density at radius 3 is 2.43 bits per heavy atom. The molecule has 0 atom stereocenters. The number of benzene rings is 2. The summed E-state index contributed by atoms with van der Waals surface area (Å²) in [4.78, 5) is 16.7. The van der Waals surface area contributed by atoms with Gasteiger partial charge in [0.15, 0.2) is 5.82 Å². The molecule has 0 radical (unpaired) electrons. The van der Waals surface area contributed by atoms with Gasteiger partial charge in [-0.1, -0.05) is 11.6 Å². The van der Waals surface area contributed by atoms with E-state index in [1.807, 2.05) is 31.1 Å². The summed E-state index contributed by atoms with van der Waals surface area (Å²) in [6, 6.07) is 10.3. The molecule has 0 bridgehead atoms. The minimum absolute atomic E-state index is 0.0137. The molecular formula is C15H13ClFN3O. The van der Waals surface area contributed by atoms with E-state index in [0.717, 1.165) is 5.69 Å². The minimum Gasteiger partial charge on any atom is -0.378 e. The lowest BCUT2D eigenvalue weighted by Gasteiger charge is -2.13. The number of rotatable bonds is 2. The number of H-pyrrole nitrogens is 1. The quantitative estimate of drug-likeness (QED) is 0.790. The molecule has 0 aliphatic carbocycles. The highest BCUT2D eigenvalue weighted by Crippen LogP contribution is 2.25. The topological polar surface area (TPSA) is 41.0 Å². The van der Waals surface area contributed by atoms with E-state index in [0.29, 0.717) is 11.2 Å². The smallest absolute Gasteiger partial charge is 0.331 e. The Morgan fingerprint density at radius 2 is 1.81 bits per heavy atom. The third kappa shape index (κ3) is 2.19. The van der Waals surface area contributed by atoms with Gasteiger partial charge in [-0.05, 0) is 36.4 Å². The zero-order valence-corrected chi connectivity index (χ0v) is 12.3. The highest BCUT2D eigenvalue weighted by molar-refractivity contribution is 6.31. The van der Waals surface area contributed by atoms with Crippen LogP contribution in [-0.4, -0.2) is 23.6 Å². The number of nitrogens with zero attached hydrogens (tertiary/aromatic N) is 2. The molecule has 0 aliphatic heterocycles. The largest absolute Gasteiger partial charge is 0.378 e. The van der Waals surface area contributed by atoms with E-state index < -0.39 is 11.5 Å². The van der Waals surface area contributed by atoms with Crippen molar-refractivity contribution in [2.75, 3.05) is 19.0 Å². The van der Waals surface area contributed by atoms with Crippen molar-refractivity contribution in [3.63, 3.8) is 0 Å². The van der Waals surface area contributed by atoms with Gasteiger partial charge in [-0.25, -0.2) is 9.18 Å². The average Bonchev–Trinajstić information content (AvgIpc) is 2.80. The molecule has 0 aliphatic rings. The Morgan fingerprint density at radius 1 is 1.14 bits per heavy atom. The van der Waals surface area contributed by atoms with Crippen LogP contribution in [0, 0.1) is 5.82 Å². The van der Waals surface area contributed by atoms with Crippen molar-refractivity contribution in [3.05, 3.63) is 57.7 Å². The van der Waals surface area contributed by atoms with Crippen LogP contribution in [-0.2, 0) is 0 Å². The van der Waals surface area contributed by atoms with Crippen LogP contribution in [0.1, 0.15) is 0 Å². The van der Waals surface area contributed by atoms with E-state index in [4.69, 9.17) is 11.6 Å². The Bertz CT molecular complexity index is 865. The summed E-state index contributed by atoms with van der Waals surface area (Å²) in [7, 11) is 3.85. The molecule has 0 spiro atoms. The van der Waals surface area contributed by atoms with Crippen molar-refractivity contribution in [3.8, 4) is 5.69 Å². The van der Waals surface area contributed by atoms with Crippen LogP contribution < -0.4 is 10.6 Å². The Hall–Kier alpha value is -2.27. The fourth-order valence-electron chi connectivity index (χ4n) is 2.28. The summed E-state index contributed by atoms with van der Waals surface area (Å²) in [5.74, 6) is -0.607. The molecule has 0 unspecified atom stereocenters. The summed E-state index contributed by atoms with van der Waals surface area (Å²) < 4.78 is 15.5. The SMILES string of the molecule is CN(C)c1ccc(-n2c(=O)[nH]c3ccc(Cl)c(F)c32)cc1. The van der Waals surface area contributed by atoms with Gasteiger partial charge in [0.05, 0.1) is 16.2 Å². The third-order valence-corrected chi connectivity index (χ3v) is 3.65. The van der Waals surface area contributed by atoms with Crippen LogP contribution in [0.15, 0.2) is 41.2 Å². The molecule has 6 heteroatoms. The first-order valence-electron chi connectivity index (χ1n) is 6.35. The van der Waals surface area contributed by atoms with Crippen LogP contribution in [0.2, 0.25) is 5.02 Å². The van der Waals surface area contributed by atoms with Crippen molar-refractivity contribution in [2.24, 2.45) is 0 Å². The number of fused-ring (bicyclic) bond motifs is 1. The Kier molecular flexibility index (Phi) is 3.22. The molecule has 1 N–H and O–H groups in total. The maximum atomic E-state index is 14.2. The molecule has 4 nitrogen and oxygen atoms in total. The molecule has 108 valence electrons. The van der Waals surface area contributed by atoms with Crippen LogP contribution >= 0.6 is 11.6 Å². The molecule has 21 heavy (non-hydrogen) atoms. The van der Waals surface area contributed by atoms with E-state index >= 15 is 0 Å². The predicted molar refractivity (Wildman–Crippen MR) is 83.2 cm³/mol. The molecule has 2 aromatic carbocycles. The molecule has 3 rings (SSSR count). The number of imidazole rings is 1. The van der Waals surface area contributed by atoms with Crippen molar-refractivity contribution in [1.82, 2.24) is 9.55 Å². The first kappa shape index (κ1) is 13.7. The normalized spacial score (nSPS) is 11.0. The van der Waals surface area contributed by atoms with Gasteiger partial charge in [0.1, 0.15) is 5.52 Å². The average molecular weight is 306 g/mol. The van der Waals surface area contributed by atoms with Gasteiger partial charge in [-0.2, -0.15) is 0 Å². The third-order valence-electron chi connectivity index (χ3n) is 3.36. The summed E-state index contributed by atoms with van der Waals surface area (Å²) in [6.07, 6.45) is 0. The number of nitrogens with one attached hydrogen (secondary N) is 1. The molecule has 0 amide bonds. The standard InChI is InChI=1S/C15H13ClFN3O/c1-19(2)9-3-5-10(6-4-9)20-14-12(18-15(20)21)8-7-11(16)13(14)17/h3-8H,1-2H3,(H,18,21). The Labute approximate surface area is 125 Å². The summed E-state index contributed by atoms with van der Waals surface area (Å²) in [5, 5.41) is -0.0137. The van der Waals surface area contributed by atoms with Gasteiger partial charge < -0.3 is 9.88 Å². The first-order valence-corrected chi connectivity index (χ1v) is 6.73. The second-order valence-corrected chi connectivity index (χ2v) is 5.34. The fourth-order valence-corrected chi connectivity index (χ4v) is 2.43. The summed E-state index contributed by atoms with van der Waals surface area (Å²) >= 11 is 5.81. The van der Waals surface area contributed by atoms with Crippen LogP contribution in [0.4, 0.5) is 10.1 Å². The van der Waals surface area contributed by atoms with Crippen LogP contribution in [0.5, 0.6) is 0 Å². The molecule has 0 saturated heterocycles. The minimum atomic E-state index is -0.607. The molecular weight excluding hydrogens is 293 g/mol. The van der Waals surface area contributed by atoms with Gasteiger partial charge in [-0.3, -0.25) is 4.57 Å². The van der Waals surface area contributed by atoms with Crippen molar-refractivity contribution >= 4 is 28.3 Å². The lowest BCUT2D eigenvalue weighted by atomic mass is 10.2. The van der Waals surface area contributed by atoms with Crippen molar-refractivity contribution in [1.29, 1.82) is 0 Å². The first-order chi connectivity index (χ1) is 9.99. The number of aromatic nitrogens is 2. The van der Waals surface area contributed by atoms with Gasteiger partial charge in [-0.15, -0.1) is 0 Å². The van der Waals surface area contributed by atoms with Crippen LogP contribution in [0.3, 0.4) is 0 Å². The molecule has 0 saturated carbocycles. The van der Waals surface area contributed by atoms with Gasteiger partial charge in [0.2, 0.25) is 0 Å². The molecule has 0 fully saturated rings. The zero-order valence-electron chi connectivity index (χ0n) is 11.5.